The average Bonchev–Trinajstić information content (AvgIpc) is 2.84. The molecule has 0 fully saturated rings. The molecule has 7 heteroatoms. The van der Waals surface area contributed by atoms with Crippen LogP contribution in [-0.2, 0) is 14.3 Å². The minimum atomic E-state index is -0.641. The van der Waals surface area contributed by atoms with Gasteiger partial charge in [-0.25, -0.2) is 4.79 Å². The van der Waals surface area contributed by atoms with Crippen LogP contribution in [0.25, 0.3) is 0 Å². The first kappa shape index (κ1) is 25.0. The molecule has 0 unspecified atom stereocenters. The normalized spacial score (nSPS) is 20.8. The lowest BCUT2D eigenvalue weighted by Gasteiger charge is -2.37. The molecule has 0 aromatic heterocycles. The molecule has 35 heavy (non-hydrogen) atoms. The van der Waals surface area contributed by atoms with Crippen molar-refractivity contribution < 1.29 is 24.2 Å². The van der Waals surface area contributed by atoms with E-state index in [4.69, 9.17) is 9.47 Å². The molecule has 184 valence electrons. The number of nitrogens with one attached hydrogen (secondary N) is 1. The van der Waals surface area contributed by atoms with Crippen LogP contribution in [0.5, 0.6) is 11.5 Å². The molecule has 0 amide bonds. The zero-order chi connectivity index (χ0) is 25.3. The molecule has 1 aliphatic heterocycles. The van der Waals surface area contributed by atoms with E-state index in [9.17, 15) is 14.7 Å². The summed E-state index contributed by atoms with van der Waals surface area (Å²) >= 11 is 3.39. The van der Waals surface area contributed by atoms with Crippen molar-refractivity contribution in [1.82, 2.24) is 5.32 Å². The molecule has 2 N–H and O–H groups in total. The maximum absolute atomic E-state index is 13.7. The maximum Gasteiger partial charge on any atom is 0.337 e. The molecule has 2 aromatic rings. The molecule has 4 rings (SSSR count). The van der Waals surface area contributed by atoms with Crippen molar-refractivity contribution >= 4 is 27.7 Å². The number of aromatic hydroxyl groups is 1. The van der Waals surface area contributed by atoms with Crippen LogP contribution in [0.4, 0.5) is 0 Å². The number of phenolic OH excluding ortho intramolecular Hbond substituents is 1. The smallest absolute Gasteiger partial charge is 0.337 e. The number of esters is 1. The Morgan fingerprint density at radius 2 is 1.91 bits per heavy atom. The van der Waals surface area contributed by atoms with Gasteiger partial charge >= 0.3 is 5.97 Å². The Bertz CT molecular complexity index is 1220. The molecule has 0 saturated carbocycles. The predicted octanol–water partition coefficient (Wildman–Crippen LogP) is 5.87. The van der Waals surface area contributed by atoms with Gasteiger partial charge in [-0.15, -0.1) is 0 Å². The highest BCUT2D eigenvalue weighted by Crippen LogP contribution is 2.48. The maximum atomic E-state index is 13.7. The average molecular weight is 540 g/mol. The molecule has 1 aliphatic carbocycles. The van der Waals surface area contributed by atoms with Gasteiger partial charge < -0.3 is 19.9 Å². The Hall–Kier alpha value is -3.06. The summed E-state index contributed by atoms with van der Waals surface area (Å²) in [5.41, 5.74) is 4.23. The summed E-state index contributed by atoms with van der Waals surface area (Å²) in [5, 5.41) is 13.7. The SMILES string of the molecule is CC[C@@H](C)OC(=O)C1=C(C)NC2=C(C(=O)C[C@H](c3ccccc3)C2)[C@H]1c1cc(Br)c(O)c(OC)c1. The van der Waals surface area contributed by atoms with Crippen LogP contribution in [0.1, 0.15) is 63.0 Å². The summed E-state index contributed by atoms with van der Waals surface area (Å²) < 4.78 is 11.5. The van der Waals surface area contributed by atoms with E-state index >= 15 is 0 Å². The molecule has 2 aromatic carbocycles. The van der Waals surface area contributed by atoms with Crippen molar-refractivity contribution in [3.05, 3.63) is 80.6 Å². The van der Waals surface area contributed by atoms with Crippen LogP contribution in [0.15, 0.2) is 69.5 Å². The van der Waals surface area contributed by atoms with Crippen LogP contribution in [-0.4, -0.2) is 30.1 Å². The van der Waals surface area contributed by atoms with Gasteiger partial charge in [0.1, 0.15) is 0 Å². The third-order valence-corrected chi connectivity index (χ3v) is 7.41. The topological polar surface area (TPSA) is 84.9 Å². The van der Waals surface area contributed by atoms with Gasteiger partial charge in [0.15, 0.2) is 17.3 Å². The molecule has 0 bridgehead atoms. The second kappa shape index (κ2) is 10.3. The van der Waals surface area contributed by atoms with Crippen LogP contribution in [0.3, 0.4) is 0 Å². The third-order valence-electron chi connectivity index (χ3n) is 6.81. The van der Waals surface area contributed by atoms with E-state index in [1.54, 1.807) is 12.1 Å². The van der Waals surface area contributed by atoms with E-state index in [0.29, 0.717) is 46.1 Å². The van der Waals surface area contributed by atoms with Gasteiger partial charge in [0.25, 0.3) is 0 Å². The van der Waals surface area contributed by atoms with Crippen molar-refractivity contribution in [2.24, 2.45) is 0 Å². The zero-order valence-electron chi connectivity index (χ0n) is 20.4. The van der Waals surface area contributed by atoms with Crippen molar-refractivity contribution in [1.29, 1.82) is 0 Å². The minimum Gasteiger partial charge on any atom is -0.503 e. The largest absolute Gasteiger partial charge is 0.503 e. The van der Waals surface area contributed by atoms with Crippen molar-refractivity contribution in [3.63, 3.8) is 0 Å². The summed E-state index contributed by atoms with van der Waals surface area (Å²) in [5.74, 6) is -0.837. The number of methoxy groups -OCH3 is 1. The number of benzene rings is 2. The Kier molecular flexibility index (Phi) is 7.36. The zero-order valence-corrected chi connectivity index (χ0v) is 21.9. The first-order chi connectivity index (χ1) is 16.7. The lowest BCUT2D eigenvalue weighted by Crippen LogP contribution is -2.36. The van der Waals surface area contributed by atoms with Crippen molar-refractivity contribution in [3.8, 4) is 11.5 Å². The van der Waals surface area contributed by atoms with Gasteiger partial charge in [-0.2, -0.15) is 0 Å². The summed E-state index contributed by atoms with van der Waals surface area (Å²) in [6, 6.07) is 13.4. The number of ketones is 1. The Morgan fingerprint density at radius 1 is 1.20 bits per heavy atom. The second-order valence-electron chi connectivity index (χ2n) is 9.11. The number of dihydropyridines is 1. The number of phenols is 1. The molecule has 0 spiro atoms. The lowest BCUT2D eigenvalue weighted by molar-refractivity contribution is -0.144. The minimum absolute atomic E-state index is 0.0119. The van der Waals surface area contributed by atoms with Crippen molar-refractivity contribution in [2.75, 3.05) is 7.11 Å². The molecule has 3 atom stereocenters. The van der Waals surface area contributed by atoms with Crippen molar-refractivity contribution in [2.45, 2.75) is 58.0 Å². The lowest BCUT2D eigenvalue weighted by atomic mass is 9.71. The number of ether oxygens (including phenoxy) is 2. The van der Waals surface area contributed by atoms with Crippen LogP contribution >= 0.6 is 15.9 Å². The fraction of sp³-hybridized carbons (Fsp3) is 0.357. The van der Waals surface area contributed by atoms with Gasteiger partial charge in [0.05, 0.1) is 23.3 Å². The first-order valence-corrected chi connectivity index (χ1v) is 12.6. The summed E-state index contributed by atoms with van der Waals surface area (Å²) in [6.45, 7) is 5.64. The van der Waals surface area contributed by atoms with Crippen LogP contribution < -0.4 is 10.1 Å². The molecule has 2 aliphatic rings. The number of hydrogen-bond donors (Lipinski definition) is 2. The van der Waals surface area contributed by atoms with Gasteiger partial charge in [-0.05, 0) is 71.8 Å². The highest BCUT2D eigenvalue weighted by molar-refractivity contribution is 9.10. The third kappa shape index (κ3) is 4.87. The van der Waals surface area contributed by atoms with Crippen LogP contribution in [0.2, 0.25) is 0 Å². The number of carbonyl (C=O) groups is 2. The van der Waals surface area contributed by atoms with E-state index in [1.165, 1.54) is 7.11 Å². The predicted molar refractivity (Wildman–Crippen MR) is 137 cm³/mol. The summed E-state index contributed by atoms with van der Waals surface area (Å²) in [7, 11) is 1.47. The van der Waals surface area contributed by atoms with Gasteiger partial charge in [0, 0.05) is 29.3 Å². The number of Topliss-reactive ketones (excluding diaryl/α,β-unsaturated/α-hetero) is 1. The molecular formula is C28H30BrNO5. The molecule has 1 heterocycles. The quantitative estimate of drug-likeness (QED) is 0.446. The fourth-order valence-electron chi connectivity index (χ4n) is 4.85. The Morgan fingerprint density at radius 3 is 2.57 bits per heavy atom. The number of carbonyl (C=O) groups excluding carboxylic acids is 2. The van der Waals surface area contributed by atoms with E-state index in [0.717, 1.165) is 11.3 Å². The molecular weight excluding hydrogens is 510 g/mol. The Balaban J connectivity index is 1.85. The number of allylic oxidation sites excluding steroid dienone is 3. The van der Waals surface area contributed by atoms with E-state index in [-0.39, 0.29) is 29.3 Å². The highest BCUT2D eigenvalue weighted by Gasteiger charge is 2.42. The molecule has 6 nitrogen and oxygen atoms in total. The van der Waals surface area contributed by atoms with Crippen LogP contribution in [0, 0.1) is 0 Å². The first-order valence-electron chi connectivity index (χ1n) is 11.8. The number of rotatable bonds is 6. The summed E-state index contributed by atoms with van der Waals surface area (Å²) in [6.07, 6.45) is 1.43. The summed E-state index contributed by atoms with van der Waals surface area (Å²) in [4.78, 5) is 27.1. The molecule has 0 radical (unpaired) electrons. The number of hydrogen-bond acceptors (Lipinski definition) is 6. The van der Waals surface area contributed by atoms with Gasteiger partial charge in [-0.3, -0.25) is 4.79 Å². The number of halogens is 1. The highest BCUT2D eigenvalue weighted by atomic mass is 79.9. The monoisotopic (exact) mass is 539 g/mol. The Labute approximate surface area is 214 Å². The van der Waals surface area contributed by atoms with Gasteiger partial charge in [0.2, 0.25) is 0 Å². The standard InChI is InChI=1S/C28H30BrNO5/c1-5-15(2)35-28(33)24-16(3)30-21-12-18(17-9-7-6-8-10-17)13-22(31)26(21)25(24)19-11-20(29)27(32)23(14-19)34-4/h6-11,14-15,18,25,30,32H,5,12-13H2,1-4H3/t15-,18-,25+/m1/s1. The van der Waals surface area contributed by atoms with E-state index in [2.05, 4.69) is 21.2 Å². The van der Waals surface area contributed by atoms with E-state index in [1.807, 2.05) is 51.1 Å². The fourth-order valence-corrected chi connectivity index (χ4v) is 5.31. The molecule has 0 saturated heterocycles. The van der Waals surface area contributed by atoms with E-state index < -0.39 is 11.9 Å². The second-order valence-corrected chi connectivity index (χ2v) is 9.96. The van der Waals surface area contributed by atoms with Gasteiger partial charge in [-0.1, -0.05) is 37.3 Å².